The first-order valence-electron chi connectivity index (χ1n) is 7.89. The fourth-order valence-electron chi connectivity index (χ4n) is 2.81. The Labute approximate surface area is 150 Å². The quantitative estimate of drug-likeness (QED) is 0.918. The summed E-state index contributed by atoms with van der Waals surface area (Å²) in [6, 6.07) is 16.1. The van der Waals surface area contributed by atoms with E-state index in [1.807, 2.05) is 0 Å². The van der Waals surface area contributed by atoms with Gasteiger partial charge in [0, 0.05) is 30.2 Å². The van der Waals surface area contributed by atoms with Crippen molar-refractivity contribution in [2.24, 2.45) is 5.92 Å². The van der Waals surface area contributed by atoms with Crippen molar-refractivity contribution >= 4 is 29.1 Å². The largest absolute Gasteiger partial charge is 0.352 e. The van der Waals surface area contributed by atoms with E-state index < -0.39 is 0 Å². The Kier molecular flexibility index (Phi) is 5.01. The number of carbonyl (C=O) groups excluding carboxylic acids is 2. The summed E-state index contributed by atoms with van der Waals surface area (Å²) in [6.07, 6.45) is 0.186. The highest BCUT2D eigenvalue weighted by atomic mass is 35.5. The highest BCUT2D eigenvalue weighted by Gasteiger charge is 2.35. The van der Waals surface area contributed by atoms with Crippen LogP contribution in [0.5, 0.6) is 0 Å². The highest BCUT2D eigenvalue weighted by molar-refractivity contribution is 6.31. The lowest BCUT2D eigenvalue weighted by atomic mass is 10.1. The van der Waals surface area contributed by atoms with Gasteiger partial charge in [-0.05, 0) is 35.9 Å². The molecule has 5 nitrogen and oxygen atoms in total. The van der Waals surface area contributed by atoms with Crippen molar-refractivity contribution in [1.29, 1.82) is 5.26 Å². The molecule has 126 valence electrons. The third-order valence-corrected chi connectivity index (χ3v) is 4.40. The summed E-state index contributed by atoms with van der Waals surface area (Å²) in [4.78, 5) is 26.2. The number of benzene rings is 2. The molecule has 1 unspecified atom stereocenters. The van der Waals surface area contributed by atoms with Gasteiger partial charge in [-0.2, -0.15) is 5.26 Å². The Morgan fingerprint density at radius 3 is 2.72 bits per heavy atom. The van der Waals surface area contributed by atoms with Crippen molar-refractivity contribution in [1.82, 2.24) is 5.32 Å². The molecule has 1 heterocycles. The third-order valence-electron chi connectivity index (χ3n) is 4.17. The lowest BCUT2D eigenvalue weighted by molar-refractivity contribution is -0.126. The molecule has 0 spiro atoms. The summed E-state index contributed by atoms with van der Waals surface area (Å²) in [7, 11) is 0. The summed E-state index contributed by atoms with van der Waals surface area (Å²) in [5.74, 6) is -0.618. The van der Waals surface area contributed by atoms with Crippen molar-refractivity contribution < 1.29 is 9.59 Å². The van der Waals surface area contributed by atoms with Crippen molar-refractivity contribution in [3.05, 3.63) is 64.7 Å². The van der Waals surface area contributed by atoms with Gasteiger partial charge in [0.15, 0.2) is 0 Å². The number of nitrogens with one attached hydrogen (secondary N) is 1. The lowest BCUT2D eigenvalue weighted by Gasteiger charge is -2.17. The van der Waals surface area contributed by atoms with Crippen LogP contribution in [0.1, 0.15) is 17.5 Å². The van der Waals surface area contributed by atoms with Crippen LogP contribution in [-0.4, -0.2) is 18.4 Å². The van der Waals surface area contributed by atoms with Crippen LogP contribution in [-0.2, 0) is 16.1 Å². The van der Waals surface area contributed by atoms with Gasteiger partial charge >= 0.3 is 0 Å². The van der Waals surface area contributed by atoms with E-state index in [-0.39, 0.29) is 24.2 Å². The Morgan fingerprint density at radius 2 is 2.04 bits per heavy atom. The van der Waals surface area contributed by atoms with Gasteiger partial charge in [-0.3, -0.25) is 9.59 Å². The van der Waals surface area contributed by atoms with Crippen LogP contribution in [0.15, 0.2) is 48.5 Å². The summed E-state index contributed by atoms with van der Waals surface area (Å²) < 4.78 is 0. The van der Waals surface area contributed by atoms with Gasteiger partial charge in [-0.1, -0.05) is 29.8 Å². The van der Waals surface area contributed by atoms with Crippen molar-refractivity contribution in [3.63, 3.8) is 0 Å². The number of halogens is 1. The average molecular weight is 354 g/mol. The molecule has 1 saturated heterocycles. The normalized spacial score (nSPS) is 16.6. The Bertz CT molecular complexity index is 842. The van der Waals surface area contributed by atoms with E-state index >= 15 is 0 Å². The first-order chi connectivity index (χ1) is 12.1. The highest BCUT2D eigenvalue weighted by Crippen LogP contribution is 2.27. The molecule has 2 aromatic carbocycles. The molecule has 1 fully saturated rings. The Balaban J connectivity index is 1.59. The molecule has 25 heavy (non-hydrogen) atoms. The second kappa shape index (κ2) is 7.37. The van der Waals surface area contributed by atoms with Gasteiger partial charge in [0.1, 0.15) is 0 Å². The second-order valence-electron chi connectivity index (χ2n) is 5.91. The van der Waals surface area contributed by atoms with Crippen molar-refractivity contribution in [3.8, 4) is 6.07 Å². The molecular weight excluding hydrogens is 338 g/mol. The van der Waals surface area contributed by atoms with Crippen molar-refractivity contribution in [2.75, 3.05) is 11.4 Å². The monoisotopic (exact) mass is 353 g/mol. The molecule has 1 aliphatic rings. The van der Waals surface area contributed by atoms with Gasteiger partial charge < -0.3 is 10.2 Å². The first kappa shape index (κ1) is 17.0. The molecule has 2 aromatic rings. The molecule has 1 N–H and O–H groups in total. The molecule has 0 radical (unpaired) electrons. The van der Waals surface area contributed by atoms with Gasteiger partial charge in [0.25, 0.3) is 0 Å². The molecule has 3 rings (SSSR count). The van der Waals surface area contributed by atoms with Crippen LogP contribution >= 0.6 is 11.6 Å². The predicted octanol–water partition coefficient (Wildman–Crippen LogP) is 2.88. The Hall–Kier alpha value is -2.84. The van der Waals surface area contributed by atoms with Crippen LogP contribution in [0.2, 0.25) is 5.02 Å². The first-order valence-corrected chi connectivity index (χ1v) is 8.27. The van der Waals surface area contributed by atoms with E-state index in [0.29, 0.717) is 29.4 Å². The SMILES string of the molecule is N#Cc1ccc(CNC(=O)C2CC(=O)N(c3cccc(Cl)c3)C2)cc1. The molecular formula is C19H16ClN3O2. The standard InChI is InChI=1S/C19H16ClN3O2/c20-16-2-1-3-17(9-16)23-12-15(8-18(23)24)19(25)22-11-14-6-4-13(10-21)5-7-14/h1-7,9,15H,8,11-12H2,(H,22,25). The zero-order valence-corrected chi connectivity index (χ0v) is 14.2. The lowest BCUT2D eigenvalue weighted by Crippen LogP contribution is -2.32. The molecule has 0 bridgehead atoms. The summed E-state index contributed by atoms with van der Waals surface area (Å²) >= 11 is 5.97. The smallest absolute Gasteiger partial charge is 0.227 e. The van der Waals surface area contributed by atoms with Gasteiger partial charge in [-0.25, -0.2) is 0 Å². The number of nitriles is 1. The summed E-state index contributed by atoms with van der Waals surface area (Å²) in [5, 5.41) is 12.2. The third kappa shape index (κ3) is 3.98. The molecule has 1 atom stereocenters. The predicted molar refractivity (Wildman–Crippen MR) is 94.9 cm³/mol. The van der Waals surface area contributed by atoms with E-state index in [0.717, 1.165) is 5.56 Å². The molecule has 2 amide bonds. The topological polar surface area (TPSA) is 73.2 Å². The fraction of sp³-hybridized carbons (Fsp3) is 0.211. The van der Waals surface area contributed by atoms with Crippen LogP contribution < -0.4 is 10.2 Å². The maximum Gasteiger partial charge on any atom is 0.227 e. The van der Waals surface area contributed by atoms with E-state index in [9.17, 15) is 9.59 Å². The summed E-state index contributed by atoms with van der Waals surface area (Å²) in [6.45, 7) is 0.713. The fourth-order valence-corrected chi connectivity index (χ4v) is 2.99. The second-order valence-corrected chi connectivity index (χ2v) is 6.35. The number of hydrogen-bond acceptors (Lipinski definition) is 3. The average Bonchev–Trinajstić information content (AvgIpc) is 3.02. The minimum absolute atomic E-state index is 0.0826. The molecule has 0 aromatic heterocycles. The number of anilines is 1. The van der Waals surface area contributed by atoms with Gasteiger partial charge in [0.05, 0.1) is 17.6 Å². The summed E-state index contributed by atoms with van der Waals surface area (Å²) in [5.41, 5.74) is 2.19. The molecule has 1 aliphatic heterocycles. The number of amides is 2. The maximum atomic E-state index is 12.4. The number of nitrogens with zero attached hydrogens (tertiary/aromatic N) is 2. The van der Waals surface area contributed by atoms with Crippen LogP contribution in [0.3, 0.4) is 0 Å². The van der Waals surface area contributed by atoms with Crippen molar-refractivity contribution in [2.45, 2.75) is 13.0 Å². The van der Waals surface area contributed by atoms with Crippen LogP contribution in [0.25, 0.3) is 0 Å². The minimum atomic E-state index is -0.384. The Morgan fingerprint density at radius 1 is 1.28 bits per heavy atom. The number of hydrogen-bond donors (Lipinski definition) is 1. The maximum absolute atomic E-state index is 12.4. The number of carbonyl (C=O) groups is 2. The zero-order chi connectivity index (χ0) is 17.8. The molecule has 0 saturated carbocycles. The molecule has 0 aliphatic carbocycles. The zero-order valence-electron chi connectivity index (χ0n) is 13.4. The van der Waals surface area contributed by atoms with E-state index in [1.165, 1.54) is 0 Å². The van der Waals surface area contributed by atoms with Crippen LogP contribution in [0, 0.1) is 17.2 Å². The van der Waals surface area contributed by atoms with Gasteiger partial charge in [-0.15, -0.1) is 0 Å². The van der Waals surface area contributed by atoms with Crippen LogP contribution in [0.4, 0.5) is 5.69 Å². The van der Waals surface area contributed by atoms with E-state index in [1.54, 1.807) is 53.4 Å². The number of rotatable bonds is 4. The van der Waals surface area contributed by atoms with E-state index in [2.05, 4.69) is 11.4 Å². The minimum Gasteiger partial charge on any atom is -0.352 e. The van der Waals surface area contributed by atoms with Gasteiger partial charge in [0.2, 0.25) is 11.8 Å². The molecule has 6 heteroatoms. The van der Waals surface area contributed by atoms with E-state index in [4.69, 9.17) is 16.9 Å².